The van der Waals surface area contributed by atoms with Crippen molar-refractivity contribution in [1.29, 1.82) is 0 Å². The Hall–Kier alpha value is -0.0200. The molecule has 0 aliphatic heterocycles. The van der Waals surface area contributed by atoms with E-state index in [0.717, 1.165) is 0 Å². The van der Waals surface area contributed by atoms with Gasteiger partial charge in [-0.05, 0) is 11.4 Å². The van der Waals surface area contributed by atoms with Crippen LogP contribution < -0.4 is 5.32 Å². The monoisotopic (exact) mass is 193 g/mol. The number of hydrogen-bond acceptors (Lipinski definition) is 2. The molecule has 1 aromatic rings. The van der Waals surface area contributed by atoms with Crippen molar-refractivity contribution < 1.29 is 0 Å². The standard InChI is InChI=1S/C5H7NS.BrH/c1-6-5-2-3-7-4-5;/h2-4,6H,1H3;1H. The average molecular weight is 194 g/mol. The lowest BCUT2D eigenvalue weighted by Crippen LogP contribution is -1.81. The maximum Gasteiger partial charge on any atom is 0.0446 e. The first kappa shape index (κ1) is 7.98. The Bertz CT molecular complexity index is 127. The quantitative estimate of drug-likeness (QED) is 0.723. The molecule has 1 N–H and O–H groups in total. The highest BCUT2D eigenvalue weighted by Gasteiger charge is 1.80. The fourth-order valence-corrected chi connectivity index (χ4v) is 1.05. The second-order valence-corrected chi connectivity index (χ2v) is 2.04. The summed E-state index contributed by atoms with van der Waals surface area (Å²) < 4.78 is 0. The van der Waals surface area contributed by atoms with Crippen molar-refractivity contribution in [2.75, 3.05) is 12.4 Å². The number of anilines is 1. The Labute approximate surface area is 63.5 Å². The molecule has 1 rings (SSSR count). The fourth-order valence-electron chi connectivity index (χ4n) is 0.407. The number of halogens is 1. The van der Waals surface area contributed by atoms with E-state index >= 15 is 0 Å². The van der Waals surface area contributed by atoms with E-state index in [0.29, 0.717) is 0 Å². The molecule has 1 heterocycles. The van der Waals surface area contributed by atoms with E-state index < -0.39 is 0 Å². The fraction of sp³-hybridized carbons (Fsp3) is 0.200. The Morgan fingerprint density at radius 3 is 2.62 bits per heavy atom. The largest absolute Gasteiger partial charge is 0.387 e. The highest BCUT2D eigenvalue weighted by molar-refractivity contribution is 8.93. The second-order valence-electron chi connectivity index (χ2n) is 1.26. The Morgan fingerprint density at radius 2 is 2.38 bits per heavy atom. The maximum atomic E-state index is 3.02. The van der Waals surface area contributed by atoms with Gasteiger partial charge in [0.2, 0.25) is 0 Å². The van der Waals surface area contributed by atoms with Crippen molar-refractivity contribution in [3.8, 4) is 0 Å². The van der Waals surface area contributed by atoms with Crippen LogP contribution in [0.1, 0.15) is 0 Å². The highest BCUT2D eigenvalue weighted by Crippen LogP contribution is 2.09. The third-order valence-electron chi connectivity index (χ3n) is 0.810. The lowest BCUT2D eigenvalue weighted by Gasteiger charge is -1.86. The minimum absolute atomic E-state index is 0. The molecular formula is C5H8BrNS. The molecule has 0 aliphatic rings. The van der Waals surface area contributed by atoms with Crippen molar-refractivity contribution in [1.82, 2.24) is 0 Å². The van der Waals surface area contributed by atoms with Crippen LogP contribution >= 0.6 is 28.3 Å². The molecule has 0 atom stereocenters. The predicted molar refractivity (Wildman–Crippen MR) is 44.2 cm³/mol. The molecule has 0 bridgehead atoms. The van der Waals surface area contributed by atoms with E-state index in [4.69, 9.17) is 0 Å². The van der Waals surface area contributed by atoms with Crippen molar-refractivity contribution in [3.63, 3.8) is 0 Å². The third kappa shape index (κ3) is 1.84. The topological polar surface area (TPSA) is 12.0 Å². The Morgan fingerprint density at radius 1 is 1.62 bits per heavy atom. The zero-order chi connectivity index (χ0) is 5.11. The minimum Gasteiger partial charge on any atom is -0.387 e. The van der Waals surface area contributed by atoms with E-state index in [1.807, 2.05) is 18.5 Å². The Balaban J connectivity index is 0.000000490. The van der Waals surface area contributed by atoms with Crippen LogP contribution in [0, 0.1) is 0 Å². The number of thiophene rings is 1. The maximum absolute atomic E-state index is 3.02. The van der Waals surface area contributed by atoms with Gasteiger partial charge in [-0.25, -0.2) is 0 Å². The van der Waals surface area contributed by atoms with Crippen LogP contribution in [0.2, 0.25) is 0 Å². The van der Waals surface area contributed by atoms with E-state index in [9.17, 15) is 0 Å². The van der Waals surface area contributed by atoms with Crippen LogP contribution in [0.5, 0.6) is 0 Å². The second kappa shape index (κ2) is 3.92. The van der Waals surface area contributed by atoms with Crippen molar-refractivity contribution in [2.24, 2.45) is 0 Å². The van der Waals surface area contributed by atoms with Crippen LogP contribution in [-0.4, -0.2) is 7.05 Å². The summed E-state index contributed by atoms with van der Waals surface area (Å²) in [4.78, 5) is 0. The van der Waals surface area contributed by atoms with E-state index in [1.165, 1.54) is 5.69 Å². The molecule has 46 valence electrons. The van der Waals surface area contributed by atoms with Crippen LogP contribution in [-0.2, 0) is 0 Å². The third-order valence-corrected chi connectivity index (χ3v) is 1.49. The summed E-state index contributed by atoms with van der Waals surface area (Å²) in [6.07, 6.45) is 0. The summed E-state index contributed by atoms with van der Waals surface area (Å²) in [6, 6.07) is 2.05. The normalized spacial score (nSPS) is 7.62. The summed E-state index contributed by atoms with van der Waals surface area (Å²) >= 11 is 1.70. The zero-order valence-corrected chi connectivity index (χ0v) is 7.08. The molecular weight excluding hydrogens is 186 g/mol. The SMILES string of the molecule is Br.CNc1ccsc1. The van der Waals surface area contributed by atoms with Gasteiger partial charge in [0.15, 0.2) is 0 Å². The van der Waals surface area contributed by atoms with E-state index in [2.05, 4.69) is 10.7 Å². The number of hydrogen-bond donors (Lipinski definition) is 1. The molecule has 0 unspecified atom stereocenters. The van der Waals surface area contributed by atoms with Crippen molar-refractivity contribution >= 4 is 34.0 Å². The van der Waals surface area contributed by atoms with Gasteiger partial charge in [0.05, 0.1) is 0 Å². The number of nitrogens with one attached hydrogen (secondary N) is 1. The predicted octanol–water partition coefficient (Wildman–Crippen LogP) is 2.37. The molecule has 0 saturated heterocycles. The van der Waals surface area contributed by atoms with Gasteiger partial charge in [0.25, 0.3) is 0 Å². The van der Waals surface area contributed by atoms with Gasteiger partial charge in [-0.1, -0.05) is 0 Å². The van der Waals surface area contributed by atoms with Crippen LogP contribution in [0.25, 0.3) is 0 Å². The highest BCUT2D eigenvalue weighted by atomic mass is 79.9. The van der Waals surface area contributed by atoms with E-state index in [1.54, 1.807) is 11.3 Å². The lowest BCUT2D eigenvalue weighted by molar-refractivity contribution is 1.56. The van der Waals surface area contributed by atoms with Crippen LogP contribution in [0.3, 0.4) is 0 Å². The molecule has 0 fully saturated rings. The van der Waals surface area contributed by atoms with Gasteiger partial charge in [0.1, 0.15) is 0 Å². The number of rotatable bonds is 1. The molecule has 0 aromatic carbocycles. The minimum atomic E-state index is 0. The zero-order valence-electron chi connectivity index (χ0n) is 4.55. The summed E-state index contributed by atoms with van der Waals surface area (Å²) in [6.45, 7) is 0. The van der Waals surface area contributed by atoms with Gasteiger partial charge in [0, 0.05) is 18.1 Å². The molecule has 0 radical (unpaired) electrons. The first-order chi connectivity index (χ1) is 3.43. The molecule has 0 amide bonds. The molecule has 0 aliphatic carbocycles. The molecule has 3 heteroatoms. The first-order valence-electron chi connectivity index (χ1n) is 2.13. The Kier molecular flexibility index (Phi) is 3.91. The van der Waals surface area contributed by atoms with Gasteiger partial charge in [-0.15, -0.1) is 17.0 Å². The van der Waals surface area contributed by atoms with Crippen molar-refractivity contribution in [2.45, 2.75) is 0 Å². The molecule has 1 nitrogen and oxygen atoms in total. The van der Waals surface area contributed by atoms with Gasteiger partial charge < -0.3 is 5.32 Å². The average Bonchev–Trinajstić information content (AvgIpc) is 2.14. The molecule has 8 heavy (non-hydrogen) atoms. The summed E-state index contributed by atoms with van der Waals surface area (Å²) in [5, 5.41) is 7.13. The first-order valence-corrected chi connectivity index (χ1v) is 3.07. The molecule has 0 saturated carbocycles. The lowest BCUT2D eigenvalue weighted by atomic mass is 10.5. The van der Waals surface area contributed by atoms with Gasteiger partial charge in [-0.2, -0.15) is 11.3 Å². The smallest absolute Gasteiger partial charge is 0.0446 e. The summed E-state index contributed by atoms with van der Waals surface area (Å²) in [5.41, 5.74) is 1.20. The van der Waals surface area contributed by atoms with Crippen LogP contribution in [0.15, 0.2) is 16.8 Å². The molecule has 1 aromatic heterocycles. The van der Waals surface area contributed by atoms with E-state index in [-0.39, 0.29) is 17.0 Å². The summed E-state index contributed by atoms with van der Waals surface area (Å²) in [5.74, 6) is 0. The summed E-state index contributed by atoms with van der Waals surface area (Å²) in [7, 11) is 1.92. The van der Waals surface area contributed by atoms with Gasteiger partial charge >= 0.3 is 0 Å². The van der Waals surface area contributed by atoms with Crippen LogP contribution in [0.4, 0.5) is 5.69 Å². The van der Waals surface area contributed by atoms with Crippen molar-refractivity contribution in [3.05, 3.63) is 16.8 Å². The van der Waals surface area contributed by atoms with Gasteiger partial charge in [-0.3, -0.25) is 0 Å². The molecule has 0 spiro atoms.